The maximum absolute atomic E-state index is 14.6. The van der Waals surface area contributed by atoms with Crippen LogP contribution in [0.5, 0.6) is 17.2 Å². The van der Waals surface area contributed by atoms with Crippen LogP contribution in [-0.2, 0) is 19.0 Å². The second-order valence-corrected chi connectivity index (χ2v) is 18.1. The molecule has 0 spiro atoms. The molecule has 1 fully saturated rings. The summed E-state index contributed by atoms with van der Waals surface area (Å²) < 4.78 is 32.9. The first kappa shape index (κ1) is 52.0. The highest BCUT2D eigenvalue weighted by Gasteiger charge is 2.65. The van der Waals surface area contributed by atoms with Gasteiger partial charge in [0.1, 0.15) is 30.4 Å². The van der Waals surface area contributed by atoms with Gasteiger partial charge in [-0.2, -0.15) is 0 Å². The lowest BCUT2D eigenvalue weighted by molar-refractivity contribution is -0.256. The summed E-state index contributed by atoms with van der Waals surface area (Å²) in [6, 6.07) is 11.3. The molecule has 0 radical (unpaired) electrons. The van der Waals surface area contributed by atoms with Crippen molar-refractivity contribution >= 4 is 11.8 Å². The molecule has 1 aliphatic heterocycles. The molecule has 12 nitrogen and oxygen atoms in total. The third kappa shape index (κ3) is 14.0. The van der Waals surface area contributed by atoms with E-state index in [0.29, 0.717) is 30.1 Å². The smallest absolute Gasteiger partial charge is 0.410 e. The largest absolute Gasteiger partial charge is 0.459 e. The zero-order valence-electron chi connectivity index (χ0n) is 40.0. The standard InChI is InChI=1S/C53H80N2O10/c1-6-8-9-10-11-12-13-14-15-20-32-62-52(59)55(27-33-61-34-30-58)49-38-47(54-60-5)45-36-41(21-16-18-28-56)44(22-17-19-29-57)50-46-37-43(64-42-24-23-39(3)40(4)35-42)25-26-48(46)65-53(49,51(45)50)63-31-7-2/h7,23-26,35-37,41,44,49-51,56-58H,2,6,8-22,27-34,38H2,1,3-5H3. The number of amides is 1. The average Bonchev–Trinajstić information content (AvgIpc) is 3.30. The summed E-state index contributed by atoms with van der Waals surface area (Å²) in [5.41, 5.74) is 4.94. The minimum atomic E-state index is -1.43. The Morgan fingerprint density at radius 2 is 1.54 bits per heavy atom. The van der Waals surface area contributed by atoms with Crippen molar-refractivity contribution in [2.24, 2.45) is 22.9 Å². The maximum atomic E-state index is 14.6. The Balaban J connectivity index is 1.58. The van der Waals surface area contributed by atoms with Crippen molar-refractivity contribution < 1.29 is 48.6 Å². The van der Waals surface area contributed by atoms with E-state index in [4.69, 9.17) is 33.7 Å². The summed E-state index contributed by atoms with van der Waals surface area (Å²) in [7, 11) is 1.54. The van der Waals surface area contributed by atoms with Gasteiger partial charge in [0.2, 0.25) is 5.79 Å². The molecular formula is C53H80N2O10. The molecule has 1 saturated carbocycles. The summed E-state index contributed by atoms with van der Waals surface area (Å²) >= 11 is 0. The number of hydrogen-bond donors (Lipinski definition) is 3. The fourth-order valence-electron chi connectivity index (χ4n) is 10.3. The van der Waals surface area contributed by atoms with E-state index < -0.39 is 23.8 Å². The van der Waals surface area contributed by atoms with Crippen LogP contribution < -0.4 is 9.47 Å². The number of benzene rings is 2. The molecule has 12 heteroatoms. The summed E-state index contributed by atoms with van der Waals surface area (Å²) in [4.78, 5) is 21.9. The van der Waals surface area contributed by atoms with Crippen molar-refractivity contribution in [2.75, 3.05) is 59.9 Å². The molecule has 1 amide bonds. The number of ether oxygens (including phenoxy) is 5. The molecule has 3 aliphatic rings. The third-order valence-corrected chi connectivity index (χ3v) is 13.6. The van der Waals surface area contributed by atoms with Gasteiger partial charge in [-0.15, -0.1) is 6.58 Å². The topological polar surface area (TPSA) is 149 Å². The Hall–Kier alpha value is -3.94. The van der Waals surface area contributed by atoms with E-state index in [1.807, 2.05) is 24.3 Å². The van der Waals surface area contributed by atoms with Gasteiger partial charge in [-0.1, -0.05) is 101 Å². The average molecular weight is 905 g/mol. The first-order valence-corrected chi connectivity index (χ1v) is 24.7. The molecule has 0 aromatic heterocycles. The highest BCUT2D eigenvalue weighted by molar-refractivity contribution is 6.03. The van der Waals surface area contributed by atoms with Gasteiger partial charge < -0.3 is 43.8 Å². The molecule has 5 rings (SSSR count). The van der Waals surface area contributed by atoms with Crippen LogP contribution in [0, 0.1) is 31.6 Å². The van der Waals surface area contributed by atoms with Crippen LogP contribution in [0.15, 0.2) is 65.9 Å². The first-order valence-electron chi connectivity index (χ1n) is 24.7. The fourth-order valence-corrected chi connectivity index (χ4v) is 10.3. The second-order valence-electron chi connectivity index (χ2n) is 18.1. The molecule has 1 heterocycles. The van der Waals surface area contributed by atoms with E-state index in [0.717, 1.165) is 67.4 Å². The lowest BCUT2D eigenvalue weighted by Gasteiger charge is -2.59. The van der Waals surface area contributed by atoms with Gasteiger partial charge in [0.25, 0.3) is 0 Å². The van der Waals surface area contributed by atoms with Crippen LogP contribution in [0.25, 0.3) is 0 Å². The van der Waals surface area contributed by atoms with Gasteiger partial charge in [-0.3, -0.25) is 4.90 Å². The number of rotatable bonds is 31. The van der Waals surface area contributed by atoms with Gasteiger partial charge >= 0.3 is 6.09 Å². The highest BCUT2D eigenvalue weighted by atomic mass is 16.7. The first-order chi connectivity index (χ1) is 31.8. The number of aliphatic hydroxyl groups is 3. The van der Waals surface area contributed by atoms with Crippen molar-refractivity contribution in [1.29, 1.82) is 0 Å². The summed E-state index contributed by atoms with van der Waals surface area (Å²) in [5, 5.41) is 34.2. The highest BCUT2D eigenvalue weighted by Crippen LogP contribution is 2.62. The predicted molar refractivity (Wildman–Crippen MR) is 256 cm³/mol. The van der Waals surface area contributed by atoms with Gasteiger partial charge in [0.15, 0.2) is 0 Å². The second kappa shape index (κ2) is 27.6. The SMILES string of the molecule is C=CCOC12Oc3ccc(Oc4ccc(C)c(C)c4)cc3C3C(CCCCO)C(CCCCO)C=C(C(=NOC)CC1N(CCOCCO)C(=O)OCCCCCCCCCCCC)C32. The fraction of sp³-hybridized carbons (Fsp3) is 0.660. The summed E-state index contributed by atoms with van der Waals surface area (Å²) in [5.74, 6) is 0.101. The zero-order valence-corrected chi connectivity index (χ0v) is 40.0. The molecule has 2 aliphatic carbocycles. The molecule has 3 N–H and O–H groups in total. The number of aryl methyl sites for hydroxylation is 2. The van der Waals surface area contributed by atoms with Gasteiger partial charge in [-0.25, -0.2) is 4.79 Å². The van der Waals surface area contributed by atoms with E-state index in [2.05, 4.69) is 45.6 Å². The zero-order chi connectivity index (χ0) is 46.4. The number of carbonyl (C=O) groups excluding carboxylic acids is 1. The molecule has 6 unspecified atom stereocenters. The number of aliphatic hydroxyl groups excluding tert-OH is 3. The van der Waals surface area contributed by atoms with E-state index in [-0.39, 0.29) is 77.0 Å². The minimum Gasteiger partial charge on any atom is -0.459 e. The van der Waals surface area contributed by atoms with Crippen LogP contribution >= 0.6 is 0 Å². The van der Waals surface area contributed by atoms with Crippen molar-refractivity contribution in [3.63, 3.8) is 0 Å². The number of allylic oxidation sites excluding steroid dienone is 1. The minimum absolute atomic E-state index is 0.0624. The lowest BCUT2D eigenvalue weighted by atomic mass is 9.55. The number of fused-ring (bicyclic) bond motifs is 2. The van der Waals surface area contributed by atoms with Crippen LogP contribution in [0.2, 0.25) is 0 Å². The van der Waals surface area contributed by atoms with Crippen molar-refractivity contribution in [1.82, 2.24) is 4.90 Å². The van der Waals surface area contributed by atoms with E-state index >= 15 is 0 Å². The quantitative estimate of drug-likeness (QED) is 0.0379. The Morgan fingerprint density at radius 1 is 0.846 bits per heavy atom. The van der Waals surface area contributed by atoms with E-state index in [9.17, 15) is 20.1 Å². The molecule has 362 valence electrons. The summed E-state index contributed by atoms with van der Waals surface area (Å²) in [6.07, 6.45) is 20.1. The monoisotopic (exact) mass is 905 g/mol. The number of nitrogens with zero attached hydrogens (tertiary/aromatic N) is 2. The van der Waals surface area contributed by atoms with E-state index in [1.165, 1.54) is 50.5 Å². The Bertz CT molecular complexity index is 1820. The van der Waals surface area contributed by atoms with Crippen LogP contribution in [0.4, 0.5) is 4.79 Å². The van der Waals surface area contributed by atoms with Crippen LogP contribution in [0.3, 0.4) is 0 Å². The van der Waals surface area contributed by atoms with Crippen LogP contribution in [-0.4, -0.2) is 104 Å². The predicted octanol–water partition coefficient (Wildman–Crippen LogP) is 10.7. The maximum Gasteiger partial charge on any atom is 0.410 e. The van der Waals surface area contributed by atoms with Gasteiger partial charge in [-0.05, 0) is 105 Å². The van der Waals surface area contributed by atoms with Crippen molar-refractivity contribution in [3.8, 4) is 17.2 Å². The third-order valence-electron chi connectivity index (χ3n) is 13.6. The van der Waals surface area contributed by atoms with Gasteiger partial charge in [0, 0.05) is 37.7 Å². The lowest BCUT2D eigenvalue weighted by Crippen LogP contribution is -2.70. The molecule has 2 aromatic carbocycles. The molecule has 65 heavy (non-hydrogen) atoms. The molecule has 0 bridgehead atoms. The number of unbranched alkanes of at least 4 members (excludes halogenated alkanes) is 11. The van der Waals surface area contributed by atoms with E-state index in [1.54, 1.807) is 18.1 Å². The Morgan fingerprint density at radius 3 is 2.22 bits per heavy atom. The van der Waals surface area contributed by atoms with Crippen molar-refractivity contribution in [3.05, 3.63) is 77.4 Å². The number of carbonyl (C=O) groups is 1. The number of hydrogen-bond acceptors (Lipinski definition) is 11. The molecular weight excluding hydrogens is 825 g/mol. The Labute approximate surface area is 389 Å². The summed E-state index contributed by atoms with van der Waals surface area (Å²) in [6.45, 7) is 11.4. The number of oxime groups is 1. The molecule has 0 saturated heterocycles. The Kier molecular flexibility index (Phi) is 22.1. The molecule has 6 atom stereocenters. The molecule has 2 aromatic rings. The van der Waals surface area contributed by atoms with Crippen LogP contribution in [0.1, 0.15) is 139 Å². The normalized spacial score (nSPS) is 22.7. The van der Waals surface area contributed by atoms with Gasteiger partial charge in [0.05, 0.1) is 44.7 Å². The van der Waals surface area contributed by atoms with Crippen molar-refractivity contribution in [2.45, 2.75) is 148 Å².